The number of para-hydroxylation sites is 3. The molecule has 0 aliphatic rings. The van der Waals surface area contributed by atoms with E-state index in [1.807, 2.05) is 0 Å². The van der Waals surface area contributed by atoms with Gasteiger partial charge >= 0.3 is 0 Å². The molecule has 0 bridgehead atoms. The summed E-state index contributed by atoms with van der Waals surface area (Å²) in [5, 5.41) is 2.68. The fourth-order valence-electron chi connectivity index (χ4n) is 2.99. The quantitative estimate of drug-likeness (QED) is 0.424. The van der Waals surface area contributed by atoms with Crippen molar-refractivity contribution in [2.75, 3.05) is 22.8 Å². The molecule has 0 unspecified atom stereocenters. The van der Waals surface area contributed by atoms with Crippen LogP contribution in [0, 0.1) is 0 Å². The SMILES string of the molecule is COc1ccccc1NS(=O)(=O)c1cccc(C(=O)NCc2ccccc2NS(C)(=O)=O)c1. The fraction of sp³-hybridized carbons (Fsp3) is 0.136. The zero-order chi connectivity index (χ0) is 24.1. The molecule has 0 saturated heterocycles. The molecule has 9 nitrogen and oxygen atoms in total. The molecule has 0 fully saturated rings. The minimum absolute atomic E-state index is 0.0357. The summed E-state index contributed by atoms with van der Waals surface area (Å²) in [5.74, 6) is -0.158. The van der Waals surface area contributed by atoms with Crippen molar-refractivity contribution in [3.8, 4) is 5.75 Å². The largest absolute Gasteiger partial charge is 0.495 e. The first-order chi connectivity index (χ1) is 15.6. The van der Waals surface area contributed by atoms with Gasteiger partial charge in [-0.2, -0.15) is 0 Å². The maximum Gasteiger partial charge on any atom is 0.262 e. The van der Waals surface area contributed by atoms with Gasteiger partial charge in [0.2, 0.25) is 10.0 Å². The minimum atomic E-state index is -3.98. The van der Waals surface area contributed by atoms with Crippen LogP contribution in [0.4, 0.5) is 11.4 Å². The van der Waals surface area contributed by atoms with E-state index in [9.17, 15) is 21.6 Å². The molecular formula is C22H23N3O6S2. The van der Waals surface area contributed by atoms with Gasteiger partial charge in [-0.25, -0.2) is 16.8 Å². The predicted octanol–water partition coefficient (Wildman–Crippen LogP) is 2.80. The summed E-state index contributed by atoms with van der Waals surface area (Å²) < 4.78 is 58.8. The Labute approximate surface area is 192 Å². The average molecular weight is 490 g/mol. The Morgan fingerprint density at radius 2 is 1.52 bits per heavy atom. The lowest BCUT2D eigenvalue weighted by atomic mass is 10.1. The van der Waals surface area contributed by atoms with Gasteiger partial charge in [0.15, 0.2) is 0 Å². The van der Waals surface area contributed by atoms with Crippen LogP contribution in [0.15, 0.2) is 77.7 Å². The number of hydrogen-bond donors (Lipinski definition) is 3. The Morgan fingerprint density at radius 3 is 2.21 bits per heavy atom. The van der Waals surface area contributed by atoms with Crippen molar-refractivity contribution in [1.82, 2.24) is 5.32 Å². The number of sulfonamides is 2. The molecule has 0 radical (unpaired) electrons. The van der Waals surface area contributed by atoms with Crippen LogP contribution in [0.1, 0.15) is 15.9 Å². The highest BCUT2D eigenvalue weighted by molar-refractivity contribution is 7.92. The smallest absolute Gasteiger partial charge is 0.262 e. The van der Waals surface area contributed by atoms with E-state index < -0.39 is 26.0 Å². The highest BCUT2D eigenvalue weighted by atomic mass is 32.2. The number of benzene rings is 3. The second kappa shape index (κ2) is 9.92. The molecule has 0 atom stereocenters. The van der Waals surface area contributed by atoms with Gasteiger partial charge in [-0.1, -0.05) is 36.4 Å². The molecule has 3 aromatic rings. The summed E-state index contributed by atoms with van der Waals surface area (Å²) in [6, 6.07) is 18.8. The first-order valence-corrected chi connectivity index (χ1v) is 13.1. The van der Waals surface area contributed by atoms with Crippen LogP contribution in [0.3, 0.4) is 0 Å². The van der Waals surface area contributed by atoms with Crippen molar-refractivity contribution in [2.45, 2.75) is 11.4 Å². The van der Waals surface area contributed by atoms with Crippen molar-refractivity contribution in [3.63, 3.8) is 0 Å². The molecule has 174 valence electrons. The Balaban J connectivity index is 1.77. The number of carbonyl (C=O) groups excluding carboxylic acids is 1. The number of carbonyl (C=O) groups is 1. The molecule has 1 amide bonds. The monoisotopic (exact) mass is 489 g/mol. The highest BCUT2D eigenvalue weighted by Gasteiger charge is 2.18. The van der Waals surface area contributed by atoms with Crippen LogP contribution in [0.25, 0.3) is 0 Å². The lowest BCUT2D eigenvalue weighted by Crippen LogP contribution is -2.24. The summed E-state index contributed by atoms with van der Waals surface area (Å²) in [7, 11) is -6.04. The normalized spacial score (nSPS) is 11.5. The molecule has 0 aromatic heterocycles. The van der Waals surface area contributed by atoms with Gasteiger partial charge in [0, 0.05) is 12.1 Å². The topological polar surface area (TPSA) is 131 Å². The Hall–Kier alpha value is -3.57. The molecule has 3 aromatic carbocycles. The van der Waals surface area contributed by atoms with Crippen molar-refractivity contribution in [3.05, 3.63) is 83.9 Å². The van der Waals surface area contributed by atoms with Crippen molar-refractivity contribution < 1.29 is 26.4 Å². The number of rotatable bonds is 9. The number of methoxy groups -OCH3 is 1. The Morgan fingerprint density at radius 1 is 0.848 bits per heavy atom. The molecule has 3 rings (SSSR count). The summed E-state index contributed by atoms with van der Waals surface area (Å²) in [5.41, 5.74) is 1.30. The van der Waals surface area contributed by atoms with E-state index >= 15 is 0 Å². The summed E-state index contributed by atoms with van der Waals surface area (Å²) in [6.07, 6.45) is 1.04. The van der Waals surface area contributed by atoms with E-state index in [-0.39, 0.29) is 22.7 Å². The third-order valence-electron chi connectivity index (χ3n) is 4.51. The van der Waals surface area contributed by atoms with Crippen molar-refractivity contribution in [2.24, 2.45) is 0 Å². The van der Waals surface area contributed by atoms with Crippen LogP contribution < -0.4 is 19.5 Å². The van der Waals surface area contributed by atoms with Crippen LogP contribution in [0.5, 0.6) is 5.75 Å². The van der Waals surface area contributed by atoms with E-state index in [2.05, 4.69) is 14.8 Å². The summed E-state index contributed by atoms with van der Waals surface area (Å²) >= 11 is 0. The van der Waals surface area contributed by atoms with Crippen molar-refractivity contribution >= 4 is 37.3 Å². The maximum absolute atomic E-state index is 12.8. The van der Waals surface area contributed by atoms with Crippen LogP contribution in [0.2, 0.25) is 0 Å². The van der Waals surface area contributed by atoms with Gasteiger partial charge in [0.25, 0.3) is 15.9 Å². The van der Waals surface area contributed by atoms with E-state index in [1.54, 1.807) is 48.5 Å². The fourth-order valence-corrected chi connectivity index (χ4v) is 4.70. The molecule has 0 aliphatic carbocycles. The van der Waals surface area contributed by atoms with Gasteiger partial charge in [-0.3, -0.25) is 14.2 Å². The average Bonchev–Trinajstić information content (AvgIpc) is 2.77. The standard InChI is InChI=1S/C22H23N3O6S2/c1-31-21-13-6-5-12-20(21)25-33(29,30)18-10-7-9-16(14-18)22(26)23-15-17-8-3-4-11-19(17)24-32(2,27)28/h3-14,24-25H,15H2,1-2H3,(H,23,26). The minimum Gasteiger partial charge on any atom is -0.495 e. The number of ether oxygens (including phenoxy) is 1. The van der Waals surface area contributed by atoms with Gasteiger partial charge in [0.1, 0.15) is 5.75 Å². The van der Waals surface area contributed by atoms with E-state index in [1.165, 1.54) is 31.4 Å². The molecule has 3 N–H and O–H groups in total. The molecule has 0 heterocycles. The zero-order valence-corrected chi connectivity index (χ0v) is 19.5. The lowest BCUT2D eigenvalue weighted by Gasteiger charge is -2.13. The molecule has 33 heavy (non-hydrogen) atoms. The van der Waals surface area contributed by atoms with E-state index in [0.29, 0.717) is 17.0 Å². The van der Waals surface area contributed by atoms with Gasteiger partial charge in [0.05, 0.1) is 29.6 Å². The molecule has 11 heteroatoms. The lowest BCUT2D eigenvalue weighted by molar-refractivity contribution is 0.0951. The zero-order valence-electron chi connectivity index (χ0n) is 17.9. The number of hydrogen-bond acceptors (Lipinski definition) is 6. The third-order valence-corrected chi connectivity index (χ3v) is 6.46. The number of nitrogens with one attached hydrogen (secondary N) is 3. The number of amides is 1. The number of anilines is 2. The van der Waals surface area contributed by atoms with Gasteiger partial charge < -0.3 is 10.1 Å². The summed E-state index contributed by atoms with van der Waals surface area (Å²) in [4.78, 5) is 12.6. The van der Waals surface area contributed by atoms with E-state index in [0.717, 1.165) is 6.26 Å². The molecule has 0 spiro atoms. The first kappa shape index (κ1) is 24.1. The highest BCUT2D eigenvalue weighted by Crippen LogP contribution is 2.26. The Kier molecular flexibility index (Phi) is 7.24. The third kappa shape index (κ3) is 6.46. The molecular weight excluding hydrogens is 466 g/mol. The van der Waals surface area contributed by atoms with Crippen LogP contribution in [-0.4, -0.2) is 36.1 Å². The van der Waals surface area contributed by atoms with Crippen molar-refractivity contribution in [1.29, 1.82) is 0 Å². The van der Waals surface area contributed by atoms with E-state index in [4.69, 9.17) is 4.74 Å². The predicted molar refractivity (Wildman–Crippen MR) is 126 cm³/mol. The first-order valence-electron chi connectivity index (χ1n) is 9.69. The molecule has 0 saturated carbocycles. The second-order valence-corrected chi connectivity index (χ2v) is 10.5. The second-order valence-electron chi connectivity index (χ2n) is 7.05. The van der Waals surface area contributed by atoms with Gasteiger partial charge in [-0.05, 0) is 42.0 Å². The molecule has 0 aliphatic heterocycles. The maximum atomic E-state index is 12.8. The Bertz CT molecular complexity index is 1370. The van der Waals surface area contributed by atoms with Gasteiger partial charge in [-0.15, -0.1) is 0 Å². The van der Waals surface area contributed by atoms with Crippen LogP contribution >= 0.6 is 0 Å². The van der Waals surface area contributed by atoms with Crippen LogP contribution in [-0.2, 0) is 26.6 Å². The summed E-state index contributed by atoms with van der Waals surface area (Å²) in [6.45, 7) is 0.0357.